The largest absolute Gasteiger partial charge is 0.393 e. The highest BCUT2D eigenvalue weighted by Gasteiger charge is 2.36. The van der Waals surface area contributed by atoms with Crippen LogP contribution in [0.4, 0.5) is 0 Å². The van der Waals surface area contributed by atoms with Gasteiger partial charge in [0.05, 0.1) is 24.9 Å². The maximum absolute atomic E-state index is 12.8. The molecule has 1 aliphatic carbocycles. The molecule has 1 aliphatic rings. The van der Waals surface area contributed by atoms with Crippen molar-refractivity contribution in [2.45, 2.75) is 31.5 Å². The van der Waals surface area contributed by atoms with Gasteiger partial charge >= 0.3 is 0 Å². The zero-order valence-electron chi connectivity index (χ0n) is 14.9. The van der Waals surface area contributed by atoms with Crippen molar-refractivity contribution in [1.29, 1.82) is 0 Å². The molecule has 27 heavy (non-hydrogen) atoms. The standard InChI is InChI=1S/C18H21N7O2/c1-24-10-15(8-20-24)17(14-6-16(26)7-14)21-18(27)13-4-2-12(3-5-13)9-25-11-19-22-23-25/h2-5,8,10-11,14,16-17,26H,6-7,9H2,1H3,(H,21,27)/t14?,16?,17-/m1/s1. The number of aliphatic hydroxyl groups excluding tert-OH is 1. The van der Waals surface area contributed by atoms with Crippen LogP contribution in [0.25, 0.3) is 0 Å². The second-order valence-electron chi connectivity index (χ2n) is 6.99. The van der Waals surface area contributed by atoms with E-state index in [1.54, 1.807) is 34.0 Å². The highest BCUT2D eigenvalue weighted by atomic mass is 16.3. The Labute approximate surface area is 156 Å². The first-order valence-electron chi connectivity index (χ1n) is 8.85. The highest BCUT2D eigenvalue weighted by molar-refractivity contribution is 5.94. The van der Waals surface area contributed by atoms with Gasteiger partial charge in [0.25, 0.3) is 5.91 Å². The summed E-state index contributed by atoms with van der Waals surface area (Å²) in [5.41, 5.74) is 2.55. The molecule has 140 valence electrons. The molecule has 0 radical (unpaired) electrons. The Kier molecular flexibility index (Phi) is 4.68. The number of carbonyl (C=O) groups excluding carboxylic acids is 1. The number of amides is 1. The summed E-state index contributed by atoms with van der Waals surface area (Å²) < 4.78 is 3.34. The average Bonchev–Trinajstić information content (AvgIpc) is 3.29. The first-order chi connectivity index (χ1) is 13.1. The van der Waals surface area contributed by atoms with E-state index in [0.29, 0.717) is 24.9 Å². The molecule has 1 fully saturated rings. The van der Waals surface area contributed by atoms with Gasteiger partial charge in [-0.3, -0.25) is 9.48 Å². The lowest BCUT2D eigenvalue weighted by Gasteiger charge is -2.37. The molecule has 2 heterocycles. The van der Waals surface area contributed by atoms with E-state index in [1.807, 2.05) is 25.4 Å². The van der Waals surface area contributed by atoms with Crippen LogP contribution in [0.15, 0.2) is 43.0 Å². The number of nitrogens with one attached hydrogen (secondary N) is 1. The Balaban J connectivity index is 1.45. The number of benzene rings is 1. The minimum absolute atomic E-state index is 0.140. The average molecular weight is 367 g/mol. The molecule has 0 spiro atoms. The number of carbonyl (C=O) groups is 1. The number of tetrazole rings is 1. The van der Waals surface area contributed by atoms with Crippen molar-refractivity contribution in [2.75, 3.05) is 0 Å². The number of nitrogens with zero attached hydrogens (tertiary/aromatic N) is 6. The van der Waals surface area contributed by atoms with Crippen LogP contribution >= 0.6 is 0 Å². The second-order valence-corrected chi connectivity index (χ2v) is 6.99. The summed E-state index contributed by atoms with van der Waals surface area (Å²) >= 11 is 0. The molecular weight excluding hydrogens is 346 g/mol. The molecule has 0 aliphatic heterocycles. The van der Waals surface area contributed by atoms with Crippen LogP contribution in [0, 0.1) is 5.92 Å². The van der Waals surface area contributed by atoms with Gasteiger partial charge in [0.15, 0.2) is 0 Å². The number of aryl methyl sites for hydroxylation is 1. The summed E-state index contributed by atoms with van der Waals surface area (Å²) in [7, 11) is 1.85. The molecule has 9 nitrogen and oxygen atoms in total. The molecule has 1 aromatic carbocycles. The third kappa shape index (κ3) is 3.87. The van der Waals surface area contributed by atoms with Crippen molar-refractivity contribution >= 4 is 5.91 Å². The van der Waals surface area contributed by atoms with Crippen molar-refractivity contribution in [3.8, 4) is 0 Å². The summed E-state index contributed by atoms with van der Waals surface area (Å²) in [4.78, 5) is 12.8. The molecule has 0 bridgehead atoms. The summed E-state index contributed by atoms with van der Waals surface area (Å²) in [5, 5.41) is 28.0. The van der Waals surface area contributed by atoms with Gasteiger partial charge in [0.2, 0.25) is 0 Å². The van der Waals surface area contributed by atoms with Crippen molar-refractivity contribution in [1.82, 2.24) is 35.3 Å². The van der Waals surface area contributed by atoms with Crippen LogP contribution in [0.1, 0.15) is 40.4 Å². The molecule has 3 aromatic rings. The smallest absolute Gasteiger partial charge is 0.251 e. The van der Waals surface area contributed by atoms with E-state index in [2.05, 4.69) is 25.9 Å². The lowest BCUT2D eigenvalue weighted by molar-refractivity contribution is 0.0235. The Morgan fingerprint density at radius 3 is 2.70 bits per heavy atom. The number of aromatic nitrogens is 6. The lowest BCUT2D eigenvalue weighted by Crippen LogP contribution is -2.41. The van der Waals surface area contributed by atoms with Gasteiger partial charge in [-0.1, -0.05) is 12.1 Å². The van der Waals surface area contributed by atoms with Crippen molar-refractivity contribution in [3.63, 3.8) is 0 Å². The monoisotopic (exact) mass is 367 g/mol. The number of aliphatic hydroxyl groups is 1. The first kappa shape index (κ1) is 17.3. The summed E-state index contributed by atoms with van der Waals surface area (Å²) in [6.07, 6.45) is 6.31. The van der Waals surface area contributed by atoms with E-state index in [4.69, 9.17) is 0 Å². The van der Waals surface area contributed by atoms with Crippen LogP contribution in [0.2, 0.25) is 0 Å². The molecule has 1 amide bonds. The van der Waals surface area contributed by atoms with Crippen molar-refractivity contribution < 1.29 is 9.90 Å². The number of hydrogen-bond donors (Lipinski definition) is 2. The zero-order valence-corrected chi connectivity index (χ0v) is 14.9. The summed E-state index contributed by atoms with van der Waals surface area (Å²) in [5.74, 6) is 0.0754. The van der Waals surface area contributed by atoms with Gasteiger partial charge in [-0.2, -0.15) is 5.10 Å². The van der Waals surface area contributed by atoms with E-state index in [0.717, 1.165) is 11.1 Å². The van der Waals surface area contributed by atoms with E-state index < -0.39 is 0 Å². The fourth-order valence-corrected chi connectivity index (χ4v) is 3.40. The third-order valence-corrected chi connectivity index (χ3v) is 4.94. The van der Waals surface area contributed by atoms with Gasteiger partial charge in [-0.25, -0.2) is 4.68 Å². The SMILES string of the molecule is Cn1cc([C@H](NC(=O)c2ccc(Cn3cnnn3)cc2)C2CC(O)C2)cn1. The molecule has 2 aromatic heterocycles. The minimum atomic E-state index is -0.281. The predicted octanol–water partition coefficient (Wildman–Crippen LogP) is 0.697. The van der Waals surface area contributed by atoms with Crippen LogP contribution in [0.5, 0.6) is 0 Å². The van der Waals surface area contributed by atoms with Crippen LogP contribution in [-0.2, 0) is 13.6 Å². The molecule has 1 atom stereocenters. The third-order valence-electron chi connectivity index (χ3n) is 4.94. The van der Waals surface area contributed by atoms with Crippen LogP contribution in [0.3, 0.4) is 0 Å². The Bertz CT molecular complexity index is 898. The topological polar surface area (TPSA) is 111 Å². The number of rotatable bonds is 6. The quantitative estimate of drug-likeness (QED) is 0.663. The fourth-order valence-electron chi connectivity index (χ4n) is 3.40. The van der Waals surface area contributed by atoms with E-state index in [9.17, 15) is 9.90 Å². The van der Waals surface area contributed by atoms with E-state index in [-0.39, 0.29) is 24.0 Å². The Morgan fingerprint density at radius 1 is 1.33 bits per heavy atom. The summed E-state index contributed by atoms with van der Waals surface area (Å²) in [6, 6.07) is 7.22. The Hall–Kier alpha value is -3.07. The van der Waals surface area contributed by atoms with E-state index in [1.165, 1.54) is 0 Å². The van der Waals surface area contributed by atoms with Crippen LogP contribution < -0.4 is 5.32 Å². The molecule has 1 saturated carbocycles. The van der Waals surface area contributed by atoms with Crippen molar-refractivity contribution in [2.24, 2.45) is 13.0 Å². The maximum Gasteiger partial charge on any atom is 0.251 e. The molecular formula is C18H21N7O2. The van der Waals surface area contributed by atoms with Crippen molar-refractivity contribution in [3.05, 3.63) is 59.7 Å². The second kappa shape index (κ2) is 7.28. The first-order valence-corrected chi connectivity index (χ1v) is 8.85. The zero-order chi connectivity index (χ0) is 18.8. The molecule has 0 unspecified atom stereocenters. The molecule has 0 saturated heterocycles. The maximum atomic E-state index is 12.8. The normalized spacial score (nSPS) is 20.1. The molecule has 2 N–H and O–H groups in total. The van der Waals surface area contributed by atoms with E-state index >= 15 is 0 Å². The molecule has 4 rings (SSSR count). The predicted molar refractivity (Wildman–Crippen MR) is 95.5 cm³/mol. The highest BCUT2D eigenvalue weighted by Crippen LogP contribution is 2.38. The minimum Gasteiger partial charge on any atom is -0.393 e. The fraction of sp³-hybridized carbons (Fsp3) is 0.389. The van der Waals surface area contributed by atoms with Gasteiger partial charge in [0, 0.05) is 24.4 Å². The number of hydrogen-bond acceptors (Lipinski definition) is 6. The summed E-state index contributed by atoms with van der Waals surface area (Å²) in [6.45, 7) is 0.549. The van der Waals surface area contributed by atoms with Crippen LogP contribution in [-0.4, -0.2) is 47.1 Å². The molecule has 9 heteroatoms. The van der Waals surface area contributed by atoms with Gasteiger partial charge in [-0.15, -0.1) is 5.10 Å². The van der Waals surface area contributed by atoms with Gasteiger partial charge in [-0.05, 0) is 46.9 Å². The van der Waals surface area contributed by atoms with Gasteiger partial charge in [0.1, 0.15) is 6.33 Å². The lowest BCUT2D eigenvalue weighted by atomic mass is 9.75. The van der Waals surface area contributed by atoms with Gasteiger partial charge < -0.3 is 10.4 Å². The Morgan fingerprint density at radius 2 is 2.11 bits per heavy atom.